The summed E-state index contributed by atoms with van der Waals surface area (Å²) in [5.74, 6) is 0.657. The van der Waals surface area contributed by atoms with E-state index in [4.69, 9.17) is 4.84 Å². The van der Waals surface area contributed by atoms with Gasteiger partial charge in [0.25, 0.3) is 5.91 Å². The highest BCUT2D eigenvalue weighted by Gasteiger charge is 2.11. The van der Waals surface area contributed by atoms with Gasteiger partial charge in [-0.3, -0.25) is 9.63 Å². The number of carbonyl (C=O) groups excluding carboxylic acids is 1. The van der Waals surface area contributed by atoms with Crippen LogP contribution in [0, 0.1) is 0 Å². The highest BCUT2D eigenvalue weighted by molar-refractivity contribution is 5.98. The third-order valence-corrected chi connectivity index (χ3v) is 3.90. The number of benzene rings is 2. The molecule has 0 radical (unpaired) electrons. The van der Waals surface area contributed by atoms with Crippen LogP contribution in [-0.2, 0) is 24.4 Å². The van der Waals surface area contributed by atoms with Gasteiger partial charge in [-0.25, -0.2) is 10.5 Å². The molecule has 3 rings (SSSR count). The van der Waals surface area contributed by atoms with Crippen LogP contribution in [0.3, 0.4) is 0 Å². The van der Waals surface area contributed by atoms with Gasteiger partial charge in [-0.05, 0) is 17.7 Å². The van der Waals surface area contributed by atoms with E-state index in [1.54, 1.807) is 12.3 Å². The van der Waals surface area contributed by atoms with Crippen molar-refractivity contribution >= 4 is 11.6 Å². The van der Waals surface area contributed by atoms with Crippen LogP contribution in [0.15, 0.2) is 60.8 Å². The number of para-hydroxylation sites is 1. The number of H-pyrrole nitrogens is 1. The van der Waals surface area contributed by atoms with Gasteiger partial charge in [0.1, 0.15) is 5.82 Å². The van der Waals surface area contributed by atoms with Gasteiger partial charge >= 0.3 is 0 Å². The Kier molecular flexibility index (Phi) is 6.01. The van der Waals surface area contributed by atoms with E-state index in [2.05, 4.69) is 20.8 Å². The maximum atomic E-state index is 12.4. The van der Waals surface area contributed by atoms with Crippen LogP contribution in [0.1, 0.15) is 34.4 Å². The van der Waals surface area contributed by atoms with Crippen LogP contribution in [0.2, 0.25) is 0 Å². The largest absolute Gasteiger partial charge is 0.379 e. The van der Waals surface area contributed by atoms with E-state index in [1.807, 2.05) is 55.5 Å². The summed E-state index contributed by atoms with van der Waals surface area (Å²) < 4.78 is 0. The summed E-state index contributed by atoms with van der Waals surface area (Å²) in [5.41, 5.74) is 5.72. The van der Waals surface area contributed by atoms with Crippen LogP contribution in [0.25, 0.3) is 0 Å². The normalized spacial score (nSPS) is 10.5. The number of hydrogen-bond donors (Lipinski definition) is 3. The van der Waals surface area contributed by atoms with E-state index in [1.165, 1.54) is 0 Å². The predicted molar refractivity (Wildman–Crippen MR) is 100 cm³/mol. The molecule has 1 heterocycles. The highest BCUT2D eigenvalue weighted by atomic mass is 16.6. The molecule has 3 aromatic rings. The molecule has 0 unspecified atom stereocenters. The summed E-state index contributed by atoms with van der Waals surface area (Å²) in [6.07, 6.45) is 2.66. The Morgan fingerprint density at radius 3 is 2.65 bits per heavy atom. The molecule has 0 fully saturated rings. The molecule has 0 saturated carbocycles. The minimum atomic E-state index is -0.289. The number of nitrogens with zero attached hydrogens (tertiary/aromatic N) is 1. The monoisotopic (exact) mass is 350 g/mol. The Hall–Kier alpha value is -3.12. The Morgan fingerprint density at radius 2 is 1.88 bits per heavy atom. The van der Waals surface area contributed by atoms with Crippen molar-refractivity contribution in [1.29, 1.82) is 0 Å². The van der Waals surface area contributed by atoms with Gasteiger partial charge in [0.15, 0.2) is 0 Å². The summed E-state index contributed by atoms with van der Waals surface area (Å²) in [5, 5.41) is 3.27. The molecule has 134 valence electrons. The van der Waals surface area contributed by atoms with Crippen molar-refractivity contribution in [2.45, 2.75) is 26.5 Å². The van der Waals surface area contributed by atoms with Gasteiger partial charge in [0, 0.05) is 12.1 Å². The van der Waals surface area contributed by atoms with Crippen LogP contribution in [0.4, 0.5) is 5.69 Å². The zero-order valence-electron chi connectivity index (χ0n) is 14.7. The van der Waals surface area contributed by atoms with Crippen LogP contribution in [-0.4, -0.2) is 15.9 Å². The molecule has 0 aliphatic carbocycles. The lowest BCUT2D eigenvalue weighted by molar-refractivity contribution is 0.0234. The number of carbonyl (C=O) groups is 1. The lowest BCUT2D eigenvalue weighted by Crippen LogP contribution is -2.24. The number of anilines is 1. The lowest BCUT2D eigenvalue weighted by Gasteiger charge is -2.11. The van der Waals surface area contributed by atoms with Gasteiger partial charge in [0.2, 0.25) is 0 Å². The zero-order chi connectivity index (χ0) is 18.2. The molecule has 6 heteroatoms. The van der Waals surface area contributed by atoms with Crippen molar-refractivity contribution < 1.29 is 9.63 Å². The Morgan fingerprint density at radius 1 is 1.12 bits per heavy atom. The molecule has 6 nitrogen and oxygen atoms in total. The Balaban J connectivity index is 1.57. The fraction of sp³-hybridized carbons (Fsp3) is 0.200. The first kappa shape index (κ1) is 17.7. The SMILES string of the molecule is CCc1ncc(CNc2ccccc2C(=O)NOCc2ccccc2)[nH]1. The first-order chi connectivity index (χ1) is 12.8. The van der Waals surface area contributed by atoms with Crippen LogP contribution in [0.5, 0.6) is 0 Å². The number of aromatic nitrogens is 2. The first-order valence-electron chi connectivity index (χ1n) is 8.58. The minimum absolute atomic E-state index is 0.289. The average molecular weight is 350 g/mol. The maximum Gasteiger partial charge on any atom is 0.276 e. The second-order valence-electron chi connectivity index (χ2n) is 5.81. The lowest BCUT2D eigenvalue weighted by atomic mass is 10.1. The number of amides is 1. The van der Waals surface area contributed by atoms with E-state index < -0.39 is 0 Å². The highest BCUT2D eigenvalue weighted by Crippen LogP contribution is 2.16. The van der Waals surface area contributed by atoms with Crippen molar-refractivity contribution in [3.8, 4) is 0 Å². The van der Waals surface area contributed by atoms with E-state index in [-0.39, 0.29) is 5.91 Å². The van der Waals surface area contributed by atoms with Gasteiger partial charge in [-0.2, -0.15) is 0 Å². The number of aromatic amines is 1. The molecule has 1 amide bonds. The van der Waals surface area contributed by atoms with E-state index in [9.17, 15) is 4.79 Å². The van der Waals surface area contributed by atoms with Crippen molar-refractivity contribution in [2.75, 3.05) is 5.32 Å². The average Bonchev–Trinajstić information content (AvgIpc) is 3.15. The van der Waals surface area contributed by atoms with Gasteiger partial charge in [-0.1, -0.05) is 49.4 Å². The zero-order valence-corrected chi connectivity index (χ0v) is 14.7. The third-order valence-electron chi connectivity index (χ3n) is 3.90. The van der Waals surface area contributed by atoms with Crippen molar-refractivity contribution in [3.05, 3.63) is 83.4 Å². The number of nitrogens with one attached hydrogen (secondary N) is 3. The Bertz CT molecular complexity index is 846. The van der Waals surface area contributed by atoms with Crippen molar-refractivity contribution in [3.63, 3.8) is 0 Å². The maximum absolute atomic E-state index is 12.4. The molecule has 0 spiro atoms. The quantitative estimate of drug-likeness (QED) is 0.544. The molecule has 1 aromatic heterocycles. The van der Waals surface area contributed by atoms with E-state index in [0.717, 1.165) is 29.2 Å². The molecule has 2 aromatic carbocycles. The molecular formula is C20H22N4O2. The van der Waals surface area contributed by atoms with Crippen molar-refractivity contribution in [1.82, 2.24) is 15.4 Å². The summed E-state index contributed by atoms with van der Waals surface area (Å²) in [6, 6.07) is 17.0. The van der Waals surface area contributed by atoms with Crippen molar-refractivity contribution in [2.24, 2.45) is 0 Å². The van der Waals surface area contributed by atoms with Crippen LogP contribution < -0.4 is 10.8 Å². The van der Waals surface area contributed by atoms with Crippen LogP contribution >= 0.6 is 0 Å². The minimum Gasteiger partial charge on any atom is -0.379 e. The Labute approximate surface area is 152 Å². The first-order valence-corrected chi connectivity index (χ1v) is 8.58. The smallest absolute Gasteiger partial charge is 0.276 e. The molecule has 0 saturated heterocycles. The molecule has 0 aliphatic heterocycles. The molecule has 26 heavy (non-hydrogen) atoms. The summed E-state index contributed by atoms with van der Waals surface area (Å²) in [7, 11) is 0. The van der Waals surface area contributed by atoms with E-state index in [0.29, 0.717) is 18.7 Å². The summed E-state index contributed by atoms with van der Waals surface area (Å²) in [6.45, 7) is 2.92. The summed E-state index contributed by atoms with van der Waals surface area (Å²) in [4.78, 5) is 25.3. The number of hydroxylamine groups is 1. The second kappa shape index (κ2) is 8.82. The number of imidazole rings is 1. The number of aryl methyl sites for hydroxylation is 1. The molecule has 0 aliphatic rings. The molecule has 0 atom stereocenters. The van der Waals surface area contributed by atoms with Gasteiger partial charge in [-0.15, -0.1) is 0 Å². The number of hydrogen-bond acceptors (Lipinski definition) is 4. The molecule has 3 N–H and O–H groups in total. The third kappa shape index (κ3) is 4.70. The van der Waals surface area contributed by atoms with Gasteiger partial charge in [0.05, 0.1) is 30.6 Å². The van der Waals surface area contributed by atoms with Gasteiger partial charge < -0.3 is 10.3 Å². The summed E-state index contributed by atoms with van der Waals surface area (Å²) >= 11 is 0. The molecular weight excluding hydrogens is 328 g/mol. The standard InChI is InChI=1S/C20H22N4O2/c1-2-19-22-13-16(23-19)12-21-18-11-7-6-10-17(18)20(25)24-26-14-15-8-4-3-5-9-15/h3-11,13,21H,2,12,14H2,1H3,(H,22,23)(H,24,25). The second-order valence-corrected chi connectivity index (χ2v) is 5.81. The predicted octanol–water partition coefficient (Wildman–Crippen LogP) is 3.45. The fourth-order valence-electron chi connectivity index (χ4n) is 2.52. The number of rotatable bonds is 8. The van der Waals surface area contributed by atoms with E-state index >= 15 is 0 Å². The fourth-order valence-corrected chi connectivity index (χ4v) is 2.52. The topological polar surface area (TPSA) is 79.0 Å². The molecule has 0 bridgehead atoms.